The van der Waals surface area contributed by atoms with Crippen molar-refractivity contribution in [2.45, 2.75) is 6.42 Å². The van der Waals surface area contributed by atoms with E-state index in [2.05, 4.69) is 20.6 Å². The topological polar surface area (TPSA) is 88.9 Å². The highest BCUT2D eigenvalue weighted by molar-refractivity contribution is 6.08. The first-order valence-corrected chi connectivity index (χ1v) is 4.69. The van der Waals surface area contributed by atoms with Crippen molar-refractivity contribution in [1.82, 2.24) is 20.6 Å². The molecule has 0 radical (unpaired) electrons. The molecule has 0 atom stereocenters. The molecule has 3 rings (SSSR count). The SMILES string of the molecule is O=C1CC=Cc2cc3nnnnc3c(O)c21. The van der Waals surface area contributed by atoms with E-state index in [9.17, 15) is 9.90 Å². The summed E-state index contributed by atoms with van der Waals surface area (Å²) in [4.78, 5) is 11.7. The lowest BCUT2D eigenvalue weighted by molar-refractivity contribution is 0.0992. The molecule has 0 saturated heterocycles. The van der Waals surface area contributed by atoms with Gasteiger partial charge in [0, 0.05) is 6.42 Å². The number of Topliss-reactive ketones (excluding diaryl/α,β-unsaturated/α-hetero) is 1. The van der Waals surface area contributed by atoms with Crippen LogP contribution in [0, 0.1) is 0 Å². The third-order valence-corrected chi connectivity index (χ3v) is 2.50. The molecule has 0 fully saturated rings. The highest BCUT2D eigenvalue weighted by atomic mass is 16.3. The van der Waals surface area contributed by atoms with Crippen LogP contribution in [-0.2, 0) is 0 Å². The van der Waals surface area contributed by atoms with Crippen molar-refractivity contribution in [3.05, 3.63) is 23.3 Å². The van der Waals surface area contributed by atoms with Gasteiger partial charge >= 0.3 is 0 Å². The summed E-state index contributed by atoms with van der Waals surface area (Å²) in [5, 5.41) is 24.1. The molecular weight excluding hydrogens is 208 g/mol. The van der Waals surface area contributed by atoms with Crippen LogP contribution in [-0.4, -0.2) is 31.5 Å². The summed E-state index contributed by atoms with van der Waals surface area (Å²) < 4.78 is 0. The highest BCUT2D eigenvalue weighted by Gasteiger charge is 2.21. The minimum absolute atomic E-state index is 0.129. The summed E-state index contributed by atoms with van der Waals surface area (Å²) in [7, 11) is 0. The van der Waals surface area contributed by atoms with Crippen molar-refractivity contribution < 1.29 is 9.90 Å². The van der Waals surface area contributed by atoms with Crippen LogP contribution < -0.4 is 0 Å². The Bertz CT molecular complexity index is 636. The molecule has 78 valence electrons. The average Bonchev–Trinajstić information content (AvgIpc) is 2.29. The standard InChI is InChI=1S/C10H6N4O2/c15-7-3-1-2-5-4-6-9(10(16)8(5)7)12-14-13-11-6/h1-2,4,16H,3H2. The molecule has 0 aliphatic heterocycles. The van der Waals surface area contributed by atoms with Gasteiger partial charge in [-0.15, -0.1) is 10.2 Å². The van der Waals surface area contributed by atoms with E-state index in [0.29, 0.717) is 11.1 Å². The fourth-order valence-corrected chi connectivity index (χ4v) is 1.79. The Balaban J connectivity index is 2.46. The first-order valence-electron chi connectivity index (χ1n) is 4.69. The third kappa shape index (κ3) is 1.10. The van der Waals surface area contributed by atoms with E-state index < -0.39 is 0 Å². The van der Waals surface area contributed by atoms with E-state index in [4.69, 9.17) is 0 Å². The van der Waals surface area contributed by atoms with E-state index >= 15 is 0 Å². The maximum Gasteiger partial charge on any atom is 0.171 e. The van der Waals surface area contributed by atoms with Gasteiger partial charge in [0.05, 0.1) is 5.56 Å². The van der Waals surface area contributed by atoms with Gasteiger partial charge in [0.25, 0.3) is 0 Å². The van der Waals surface area contributed by atoms with Crippen molar-refractivity contribution in [3.8, 4) is 5.75 Å². The van der Waals surface area contributed by atoms with Crippen LogP contribution in [0.2, 0.25) is 0 Å². The van der Waals surface area contributed by atoms with Gasteiger partial charge < -0.3 is 5.11 Å². The number of fused-ring (bicyclic) bond motifs is 2. The molecule has 16 heavy (non-hydrogen) atoms. The number of ketones is 1. The second-order valence-electron chi connectivity index (χ2n) is 3.47. The lowest BCUT2D eigenvalue weighted by Crippen LogP contribution is -2.06. The van der Waals surface area contributed by atoms with E-state index in [1.165, 1.54) is 0 Å². The molecule has 0 bridgehead atoms. The summed E-state index contributed by atoms with van der Waals surface area (Å²) in [6.45, 7) is 0. The Labute approximate surface area is 89.6 Å². The fourth-order valence-electron chi connectivity index (χ4n) is 1.79. The fraction of sp³-hybridized carbons (Fsp3) is 0.100. The van der Waals surface area contributed by atoms with Crippen LogP contribution in [0.4, 0.5) is 0 Å². The number of carbonyl (C=O) groups is 1. The molecule has 1 N–H and O–H groups in total. The van der Waals surface area contributed by atoms with Gasteiger partial charge in [-0.1, -0.05) is 12.2 Å². The number of rotatable bonds is 0. The van der Waals surface area contributed by atoms with Gasteiger partial charge in [-0.05, 0) is 22.1 Å². The smallest absolute Gasteiger partial charge is 0.171 e. The largest absolute Gasteiger partial charge is 0.505 e. The first kappa shape index (κ1) is 8.90. The summed E-state index contributed by atoms with van der Waals surface area (Å²) in [6, 6.07) is 1.67. The zero-order chi connectivity index (χ0) is 11.1. The van der Waals surface area contributed by atoms with Crippen LogP contribution in [0.25, 0.3) is 17.1 Å². The van der Waals surface area contributed by atoms with E-state index in [1.54, 1.807) is 18.2 Å². The van der Waals surface area contributed by atoms with Crippen molar-refractivity contribution in [2.75, 3.05) is 0 Å². The van der Waals surface area contributed by atoms with Crippen molar-refractivity contribution in [1.29, 1.82) is 0 Å². The molecular formula is C10H6N4O2. The van der Waals surface area contributed by atoms with Crippen LogP contribution in [0.3, 0.4) is 0 Å². The summed E-state index contributed by atoms with van der Waals surface area (Å²) in [6.07, 6.45) is 3.81. The maximum absolute atomic E-state index is 11.7. The summed E-state index contributed by atoms with van der Waals surface area (Å²) in [5.74, 6) is -0.292. The zero-order valence-electron chi connectivity index (χ0n) is 8.08. The Hall–Kier alpha value is -2.37. The second-order valence-corrected chi connectivity index (χ2v) is 3.47. The molecule has 0 amide bonds. The molecule has 1 aromatic carbocycles. The van der Waals surface area contributed by atoms with Crippen LogP contribution in [0.1, 0.15) is 22.3 Å². The van der Waals surface area contributed by atoms with Gasteiger partial charge in [-0.2, -0.15) is 0 Å². The van der Waals surface area contributed by atoms with Crippen LogP contribution in [0.5, 0.6) is 5.75 Å². The molecule has 1 heterocycles. The molecule has 0 spiro atoms. The van der Waals surface area contributed by atoms with E-state index in [1.807, 2.05) is 0 Å². The van der Waals surface area contributed by atoms with Crippen LogP contribution in [0.15, 0.2) is 12.1 Å². The number of phenols is 1. The quantitative estimate of drug-likeness (QED) is 0.695. The number of aromatic nitrogens is 4. The molecule has 6 heteroatoms. The van der Waals surface area contributed by atoms with E-state index in [-0.39, 0.29) is 29.0 Å². The minimum atomic E-state index is -0.163. The third-order valence-electron chi connectivity index (χ3n) is 2.50. The normalized spacial score (nSPS) is 14.1. The van der Waals surface area contributed by atoms with Gasteiger partial charge in [-0.3, -0.25) is 4.79 Å². The van der Waals surface area contributed by atoms with Gasteiger partial charge in [0.1, 0.15) is 5.52 Å². The number of hydrogen-bond donors (Lipinski definition) is 1. The molecule has 2 aromatic rings. The van der Waals surface area contributed by atoms with Gasteiger partial charge in [0.2, 0.25) is 0 Å². The van der Waals surface area contributed by atoms with Crippen LogP contribution >= 0.6 is 0 Å². The number of aromatic hydroxyl groups is 1. The molecule has 1 aliphatic carbocycles. The van der Waals surface area contributed by atoms with Gasteiger partial charge in [-0.25, -0.2) is 0 Å². The first-order chi connectivity index (χ1) is 7.77. The zero-order valence-corrected chi connectivity index (χ0v) is 8.08. The molecule has 0 saturated carbocycles. The Morgan fingerprint density at radius 1 is 1.25 bits per heavy atom. The minimum Gasteiger partial charge on any atom is -0.505 e. The number of allylic oxidation sites excluding steroid dienone is 1. The highest BCUT2D eigenvalue weighted by Crippen LogP contribution is 2.32. The number of carbonyl (C=O) groups excluding carboxylic acids is 1. The van der Waals surface area contributed by atoms with Crippen molar-refractivity contribution >= 4 is 22.9 Å². The summed E-state index contributed by atoms with van der Waals surface area (Å²) >= 11 is 0. The number of benzene rings is 1. The van der Waals surface area contributed by atoms with Crippen molar-refractivity contribution in [2.24, 2.45) is 0 Å². The van der Waals surface area contributed by atoms with E-state index in [0.717, 1.165) is 0 Å². The van der Waals surface area contributed by atoms with Gasteiger partial charge in [0.15, 0.2) is 17.0 Å². The molecule has 6 nitrogen and oxygen atoms in total. The Kier molecular flexibility index (Phi) is 1.70. The lowest BCUT2D eigenvalue weighted by atomic mass is 9.94. The maximum atomic E-state index is 11.7. The number of hydrogen-bond acceptors (Lipinski definition) is 6. The lowest BCUT2D eigenvalue weighted by Gasteiger charge is -2.11. The molecule has 1 aliphatic rings. The number of nitrogens with zero attached hydrogens (tertiary/aromatic N) is 4. The predicted molar refractivity (Wildman–Crippen MR) is 54.8 cm³/mol. The predicted octanol–water partition coefficient (Wildman–Crippen LogP) is 0.725. The Morgan fingerprint density at radius 2 is 2.06 bits per heavy atom. The molecule has 1 aromatic heterocycles. The monoisotopic (exact) mass is 214 g/mol. The summed E-state index contributed by atoms with van der Waals surface area (Å²) in [5.41, 5.74) is 1.56. The van der Waals surface area contributed by atoms with Crippen molar-refractivity contribution in [3.63, 3.8) is 0 Å². The number of phenolic OH excluding ortho intramolecular Hbond substituents is 1. The second kappa shape index (κ2) is 3.06. The molecule has 0 unspecified atom stereocenters. The average molecular weight is 214 g/mol. The Morgan fingerprint density at radius 3 is 2.94 bits per heavy atom.